The summed E-state index contributed by atoms with van der Waals surface area (Å²) in [4.78, 5) is 12.6. The summed E-state index contributed by atoms with van der Waals surface area (Å²) in [5, 5.41) is 0. The van der Waals surface area contributed by atoms with Crippen molar-refractivity contribution in [2.75, 3.05) is 0 Å². The van der Waals surface area contributed by atoms with E-state index in [1.54, 1.807) is 18.2 Å². The van der Waals surface area contributed by atoms with Crippen LogP contribution in [-0.4, -0.2) is 5.78 Å². The lowest BCUT2D eigenvalue weighted by molar-refractivity contribution is 0.101. The first-order valence-electron chi connectivity index (χ1n) is 9.03. The Bertz CT molecular complexity index is 1100. The first-order chi connectivity index (χ1) is 13.5. The maximum absolute atomic E-state index is 12.6. The van der Waals surface area contributed by atoms with Gasteiger partial charge in [0.05, 0.1) is 5.56 Å². The summed E-state index contributed by atoms with van der Waals surface area (Å²) >= 11 is 3.49. The summed E-state index contributed by atoms with van der Waals surface area (Å²) in [5.74, 6) is 1.40. The fraction of sp³-hybridized carbons (Fsp3) is 0.125. The van der Waals surface area contributed by atoms with Crippen molar-refractivity contribution in [2.45, 2.75) is 20.5 Å². The van der Waals surface area contributed by atoms with Gasteiger partial charge in [0.2, 0.25) is 5.78 Å². The zero-order chi connectivity index (χ0) is 19.7. The van der Waals surface area contributed by atoms with Gasteiger partial charge in [-0.05, 0) is 54.8 Å². The summed E-state index contributed by atoms with van der Waals surface area (Å²) in [7, 11) is 0. The highest BCUT2D eigenvalue weighted by Crippen LogP contribution is 2.35. The SMILES string of the molecule is Cc1ccc(C)c(COc2ccc3c(c2)OC(=Cc2ccccc2Br)C3=O)c1. The number of halogens is 1. The van der Waals surface area contributed by atoms with Gasteiger partial charge in [0.25, 0.3) is 0 Å². The number of carbonyl (C=O) groups is 1. The molecule has 0 spiro atoms. The first kappa shape index (κ1) is 18.5. The number of allylic oxidation sites excluding steroid dienone is 1. The van der Waals surface area contributed by atoms with Crippen molar-refractivity contribution in [2.24, 2.45) is 0 Å². The Hall–Kier alpha value is -2.85. The summed E-state index contributed by atoms with van der Waals surface area (Å²) < 4.78 is 12.7. The largest absolute Gasteiger partial charge is 0.489 e. The minimum absolute atomic E-state index is 0.119. The lowest BCUT2D eigenvalue weighted by Gasteiger charge is -2.10. The number of aryl methyl sites for hydroxylation is 2. The molecule has 0 aliphatic carbocycles. The standard InChI is InChI=1S/C24H19BrO3/c1-15-7-8-16(2)18(11-15)14-27-19-9-10-20-22(13-19)28-23(24(20)26)12-17-5-3-4-6-21(17)25/h3-13H,14H2,1-2H3. The van der Waals surface area contributed by atoms with Crippen molar-refractivity contribution in [3.63, 3.8) is 0 Å². The molecule has 0 radical (unpaired) electrons. The number of rotatable bonds is 4. The van der Waals surface area contributed by atoms with Crippen LogP contribution in [-0.2, 0) is 6.61 Å². The van der Waals surface area contributed by atoms with E-state index in [2.05, 4.69) is 48.0 Å². The minimum Gasteiger partial charge on any atom is -0.489 e. The summed E-state index contributed by atoms with van der Waals surface area (Å²) in [6, 6.07) is 19.4. The van der Waals surface area contributed by atoms with E-state index in [4.69, 9.17) is 9.47 Å². The summed E-state index contributed by atoms with van der Waals surface area (Å²) in [6.45, 7) is 4.61. The molecule has 4 rings (SSSR count). The van der Waals surface area contributed by atoms with Crippen molar-refractivity contribution in [1.29, 1.82) is 0 Å². The number of ketones is 1. The number of ether oxygens (including phenoxy) is 2. The zero-order valence-electron chi connectivity index (χ0n) is 15.7. The normalized spacial score (nSPS) is 14.1. The van der Waals surface area contributed by atoms with E-state index in [9.17, 15) is 4.79 Å². The lowest BCUT2D eigenvalue weighted by atomic mass is 10.1. The van der Waals surface area contributed by atoms with Crippen LogP contribution in [0.3, 0.4) is 0 Å². The molecule has 1 heterocycles. The van der Waals surface area contributed by atoms with Crippen molar-refractivity contribution < 1.29 is 14.3 Å². The van der Waals surface area contributed by atoms with E-state index in [0.717, 1.165) is 15.6 Å². The smallest absolute Gasteiger partial charge is 0.231 e. The predicted molar refractivity (Wildman–Crippen MR) is 114 cm³/mol. The molecule has 4 heteroatoms. The van der Waals surface area contributed by atoms with Crippen molar-refractivity contribution >= 4 is 27.8 Å². The van der Waals surface area contributed by atoms with Gasteiger partial charge in [-0.25, -0.2) is 0 Å². The van der Waals surface area contributed by atoms with Gasteiger partial charge < -0.3 is 9.47 Å². The van der Waals surface area contributed by atoms with Crippen LogP contribution in [0.4, 0.5) is 0 Å². The monoisotopic (exact) mass is 434 g/mol. The van der Waals surface area contributed by atoms with Crippen LogP contribution >= 0.6 is 15.9 Å². The topological polar surface area (TPSA) is 35.5 Å². The number of hydrogen-bond acceptors (Lipinski definition) is 3. The Kier molecular flexibility index (Phi) is 5.05. The van der Waals surface area contributed by atoms with Gasteiger partial charge in [-0.2, -0.15) is 0 Å². The molecule has 0 aromatic heterocycles. The van der Waals surface area contributed by atoms with E-state index in [0.29, 0.717) is 29.4 Å². The van der Waals surface area contributed by atoms with Gasteiger partial charge in [-0.1, -0.05) is 57.9 Å². The van der Waals surface area contributed by atoms with Crippen LogP contribution in [0.5, 0.6) is 11.5 Å². The van der Waals surface area contributed by atoms with Gasteiger partial charge >= 0.3 is 0 Å². The molecule has 140 valence electrons. The lowest BCUT2D eigenvalue weighted by Crippen LogP contribution is -1.99. The third-order valence-corrected chi connectivity index (χ3v) is 5.45. The number of benzene rings is 3. The Labute approximate surface area is 172 Å². The highest BCUT2D eigenvalue weighted by atomic mass is 79.9. The quantitative estimate of drug-likeness (QED) is 0.454. The molecule has 0 atom stereocenters. The third-order valence-electron chi connectivity index (χ3n) is 4.73. The maximum Gasteiger partial charge on any atom is 0.231 e. The molecule has 0 saturated heterocycles. The molecular weight excluding hydrogens is 416 g/mol. The highest BCUT2D eigenvalue weighted by molar-refractivity contribution is 9.10. The van der Waals surface area contributed by atoms with E-state index >= 15 is 0 Å². The maximum atomic E-state index is 12.6. The van der Waals surface area contributed by atoms with Gasteiger partial charge in [-0.3, -0.25) is 4.79 Å². The average Bonchev–Trinajstić information content (AvgIpc) is 2.99. The van der Waals surface area contributed by atoms with Crippen LogP contribution in [0.2, 0.25) is 0 Å². The van der Waals surface area contributed by atoms with E-state index in [1.165, 1.54) is 11.1 Å². The van der Waals surface area contributed by atoms with Gasteiger partial charge in [0.15, 0.2) is 5.76 Å². The Morgan fingerprint density at radius 3 is 2.68 bits per heavy atom. The Balaban J connectivity index is 1.54. The van der Waals surface area contributed by atoms with Crippen LogP contribution in [0, 0.1) is 13.8 Å². The van der Waals surface area contributed by atoms with Gasteiger partial charge in [0.1, 0.15) is 18.1 Å². The summed E-state index contributed by atoms with van der Waals surface area (Å²) in [6.07, 6.45) is 1.75. The third kappa shape index (κ3) is 3.73. The van der Waals surface area contributed by atoms with Gasteiger partial charge in [-0.15, -0.1) is 0 Å². The molecule has 0 N–H and O–H groups in total. The van der Waals surface area contributed by atoms with Gasteiger partial charge in [0, 0.05) is 10.5 Å². The molecule has 0 saturated carbocycles. The molecule has 3 nitrogen and oxygen atoms in total. The van der Waals surface area contributed by atoms with Crippen LogP contribution < -0.4 is 9.47 Å². The highest BCUT2D eigenvalue weighted by Gasteiger charge is 2.28. The molecule has 3 aromatic carbocycles. The molecule has 1 aliphatic rings. The molecule has 0 unspecified atom stereocenters. The second-order valence-corrected chi connectivity index (χ2v) is 7.69. The fourth-order valence-electron chi connectivity index (χ4n) is 3.11. The minimum atomic E-state index is -0.119. The van der Waals surface area contributed by atoms with Crippen molar-refractivity contribution in [1.82, 2.24) is 0 Å². The van der Waals surface area contributed by atoms with Crippen LogP contribution in [0.25, 0.3) is 6.08 Å². The first-order valence-corrected chi connectivity index (χ1v) is 9.82. The predicted octanol–water partition coefficient (Wildman–Crippen LogP) is 6.26. The number of hydrogen-bond donors (Lipinski definition) is 0. The average molecular weight is 435 g/mol. The number of Topliss-reactive ketones (excluding diaryl/α,β-unsaturated/α-hetero) is 1. The van der Waals surface area contributed by atoms with Crippen LogP contribution in [0.1, 0.15) is 32.6 Å². The van der Waals surface area contributed by atoms with Crippen molar-refractivity contribution in [3.8, 4) is 11.5 Å². The molecule has 0 bridgehead atoms. The molecular formula is C24H19BrO3. The Morgan fingerprint density at radius 1 is 1.04 bits per heavy atom. The molecule has 3 aromatic rings. The molecule has 28 heavy (non-hydrogen) atoms. The van der Waals surface area contributed by atoms with Crippen LogP contribution in [0.15, 0.2) is 70.9 Å². The summed E-state index contributed by atoms with van der Waals surface area (Å²) in [5.41, 5.74) is 4.99. The second kappa shape index (κ2) is 7.64. The molecule has 1 aliphatic heterocycles. The Morgan fingerprint density at radius 2 is 1.86 bits per heavy atom. The fourth-order valence-corrected chi connectivity index (χ4v) is 3.51. The zero-order valence-corrected chi connectivity index (χ0v) is 17.2. The van der Waals surface area contributed by atoms with E-state index in [-0.39, 0.29) is 5.78 Å². The second-order valence-electron chi connectivity index (χ2n) is 6.84. The molecule has 0 fully saturated rings. The van der Waals surface area contributed by atoms with Crippen molar-refractivity contribution in [3.05, 3.63) is 98.7 Å². The molecule has 0 amide bonds. The van der Waals surface area contributed by atoms with E-state index < -0.39 is 0 Å². The van der Waals surface area contributed by atoms with E-state index in [1.807, 2.05) is 30.3 Å². The number of carbonyl (C=O) groups excluding carboxylic acids is 1. The number of fused-ring (bicyclic) bond motifs is 1.